The summed E-state index contributed by atoms with van der Waals surface area (Å²) >= 11 is 0. The lowest BCUT2D eigenvalue weighted by molar-refractivity contribution is -0.121. The average Bonchev–Trinajstić information content (AvgIpc) is 2.80. The van der Waals surface area contributed by atoms with E-state index in [4.69, 9.17) is 0 Å². The summed E-state index contributed by atoms with van der Waals surface area (Å²) in [5.74, 6) is -1.08. The molecule has 160 valence electrons. The van der Waals surface area contributed by atoms with Gasteiger partial charge in [0.2, 0.25) is 15.9 Å². The van der Waals surface area contributed by atoms with E-state index < -0.39 is 22.0 Å². The number of carbonyl (C=O) groups is 1. The highest BCUT2D eigenvalue weighted by Crippen LogP contribution is 2.38. The number of benzene rings is 3. The first-order chi connectivity index (χ1) is 14.9. The molecule has 0 radical (unpaired) electrons. The number of hydrogen-bond acceptors (Lipinski definition) is 3. The minimum atomic E-state index is -3.85. The third-order valence-electron chi connectivity index (χ3n) is 5.55. The molecule has 1 aliphatic rings. The summed E-state index contributed by atoms with van der Waals surface area (Å²) < 4.78 is 41.8. The van der Waals surface area contributed by atoms with Gasteiger partial charge < -0.3 is 5.32 Å². The Morgan fingerprint density at radius 2 is 1.48 bits per heavy atom. The zero-order chi connectivity index (χ0) is 21.8. The predicted molar refractivity (Wildman–Crippen MR) is 117 cm³/mol. The number of sulfonamides is 1. The molecule has 31 heavy (non-hydrogen) atoms. The Hall–Kier alpha value is -3.03. The molecular formula is C24H23FN2O3S. The number of piperidine rings is 1. The number of anilines is 1. The molecule has 1 N–H and O–H groups in total. The molecule has 5 nitrogen and oxygen atoms in total. The Morgan fingerprint density at radius 1 is 0.871 bits per heavy atom. The second-order valence-corrected chi connectivity index (χ2v) is 9.48. The first-order valence-corrected chi connectivity index (χ1v) is 11.6. The average molecular weight is 439 g/mol. The van der Waals surface area contributed by atoms with E-state index in [0.717, 1.165) is 0 Å². The number of para-hydroxylation sites is 1. The molecule has 2 atom stereocenters. The molecule has 0 unspecified atom stereocenters. The van der Waals surface area contributed by atoms with Gasteiger partial charge in [-0.1, -0.05) is 48.5 Å². The molecule has 1 heterocycles. The van der Waals surface area contributed by atoms with Gasteiger partial charge in [-0.05, 0) is 54.8 Å². The SMILES string of the molecule is O=C(Nc1ccccc1)[C@@H]1CC[C@H](c2ccc(F)cc2)N(S(=O)(=O)c2ccccc2)C1. The lowest BCUT2D eigenvalue weighted by atomic mass is 9.90. The summed E-state index contributed by atoms with van der Waals surface area (Å²) in [6, 6.07) is 22.7. The minimum absolute atomic E-state index is 0.0535. The van der Waals surface area contributed by atoms with Crippen molar-refractivity contribution < 1.29 is 17.6 Å². The number of hydrogen-bond donors (Lipinski definition) is 1. The molecule has 0 aliphatic carbocycles. The summed E-state index contributed by atoms with van der Waals surface area (Å²) in [6.45, 7) is 0.0535. The van der Waals surface area contributed by atoms with Crippen LogP contribution in [0, 0.1) is 11.7 Å². The lowest BCUT2D eigenvalue weighted by Gasteiger charge is -2.38. The maximum absolute atomic E-state index is 13.5. The zero-order valence-electron chi connectivity index (χ0n) is 16.8. The smallest absolute Gasteiger partial charge is 0.243 e. The molecule has 1 saturated heterocycles. The van der Waals surface area contributed by atoms with Crippen LogP contribution >= 0.6 is 0 Å². The number of rotatable bonds is 5. The van der Waals surface area contributed by atoms with E-state index in [1.54, 1.807) is 54.6 Å². The summed E-state index contributed by atoms with van der Waals surface area (Å²) in [5.41, 5.74) is 1.38. The summed E-state index contributed by atoms with van der Waals surface area (Å²) in [7, 11) is -3.85. The van der Waals surface area contributed by atoms with E-state index in [2.05, 4.69) is 5.32 Å². The largest absolute Gasteiger partial charge is 0.326 e. The van der Waals surface area contributed by atoms with Crippen molar-refractivity contribution in [2.24, 2.45) is 5.92 Å². The Kier molecular flexibility index (Phi) is 6.15. The predicted octanol–water partition coefficient (Wildman–Crippen LogP) is 4.61. The van der Waals surface area contributed by atoms with Gasteiger partial charge in [-0.15, -0.1) is 0 Å². The molecule has 7 heteroatoms. The highest BCUT2D eigenvalue weighted by molar-refractivity contribution is 7.89. The normalized spacial score (nSPS) is 19.6. The highest BCUT2D eigenvalue weighted by Gasteiger charge is 2.40. The fourth-order valence-corrected chi connectivity index (χ4v) is 5.64. The van der Waals surface area contributed by atoms with Gasteiger partial charge in [0.25, 0.3) is 0 Å². The number of halogens is 1. The van der Waals surface area contributed by atoms with Crippen LogP contribution in [0.25, 0.3) is 0 Å². The van der Waals surface area contributed by atoms with Crippen molar-refractivity contribution in [1.29, 1.82) is 0 Å². The number of nitrogens with one attached hydrogen (secondary N) is 1. The van der Waals surface area contributed by atoms with E-state index in [1.807, 2.05) is 18.2 Å². The second-order valence-electron chi connectivity index (χ2n) is 7.58. The van der Waals surface area contributed by atoms with Gasteiger partial charge in [-0.3, -0.25) is 4.79 Å². The molecule has 1 amide bonds. The zero-order valence-corrected chi connectivity index (χ0v) is 17.6. The third-order valence-corrected chi connectivity index (χ3v) is 7.44. The van der Waals surface area contributed by atoms with Gasteiger partial charge in [0.15, 0.2) is 0 Å². The summed E-state index contributed by atoms with van der Waals surface area (Å²) in [5, 5.41) is 2.88. The number of amides is 1. The van der Waals surface area contributed by atoms with Crippen molar-refractivity contribution in [3.05, 3.63) is 96.3 Å². The Balaban J connectivity index is 1.64. The fraction of sp³-hybridized carbons (Fsp3) is 0.208. The quantitative estimate of drug-likeness (QED) is 0.633. The Labute approximate surface area is 181 Å². The molecule has 1 aliphatic heterocycles. The molecule has 3 aromatic rings. The van der Waals surface area contributed by atoms with Crippen LogP contribution in [0.3, 0.4) is 0 Å². The van der Waals surface area contributed by atoms with Gasteiger partial charge in [-0.2, -0.15) is 4.31 Å². The molecule has 1 fully saturated rings. The van der Waals surface area contributed by atoms with Crippen LogP contribution in [0.4, 0.5) is 10.1 Å². The first-order valence-electron chi connectivity index (χ1n) is 10.1. The van der Waals surface area contributed by atoms with E-state index in [9.17, 15) is 17.6 Å². The van der Waals surface area contributed by atoms with Crippen LogP contribution < -0.4 is 5.32 Å². The molecular weight excluding hydrogens is 415 g/mol. The molecule has 0 spiro atoms. The van der Waals surface area contributed by atoms with Gasteiger partial charge >= 0.3 is 0 Å². The molecule has 0 saturated carbocycles. The van der Waals surface area contributed by atoms with Gasteiger partial charge in [-0.25, -0.2) is 12.8 Å². The Bertz CT molecular complexity index is 1140. The standard InChI is InChI=1S/C24H23FN2O3S/c25-20-14-11-18(12-15-20)23-16-13-19(24(28)26-21-7-3-1-4-8-21)17-27(23)31(29,30)22-9-5-2-6-10-22/h1-12,14-15,19,23H,13,16-17H2,(H,26,28)/t19-,23-/m1/s1. The van der Waals surface area contributed by atoms with Crippen molar-refractivity contribution >= 4 is 21.6 Å². The van der Waals surface area contributed by atoms with Crippen molar-refractivity contribution in [2.45, 2.75) is 23.8 Å². The summed E-state index contributed by atoms with van der Waals surface area (Å²) in [4.78, 5) is 13.1. The monoisotopic (exact) mass is 438 g/mol. The van der Waals surface area contributed by atoms with Crippen LogP contribution in [0.5, 0.6) is 0 Å². The molecule has 0 aromatic heterocycles. The van der Waals surface area contributed by atoms with Gasteiger partial charge in [0.05, 0.1) is 16.9 Å². The van der Waals surface area contributed by atoms with Crippen molar-refractivity contribution in [3.8, 4) is 0 Å². The van der Waals surface area contributed by atoms with Crippen LogP contribution in [0.15, 0.2) is 89.8 Å². The molecule has 0 bridgehead atoms. The number of nitrogens with zero attached hydrogens (tertiary/aromatic N) is 1. The van der Waals surface area contributed by atoms with Crippen molar-refractivity contribution in [1.82, 2.24) is 4.31 Å². The third kappa shape index (κ3) is 4.68. The second kappa shape index (κ2) is 8.99. The Morgan fingerprint density at radius 3 is 2.13 bits per heavy atom. The van der Waals surface area contributed by atoms with Crippen LogP contribution in [0.1, 0.15) is 24.4 Å². The summed E-state index contributed by atoms with van der Waals surface area (Å²) in [6.07, 6.45) is 0.992. The van der Waals surface area contributed by atoms with E-state index in [1.165, 1.54) is 16.4 Å². The van der Waals surface area contributed by atoms with Crippen LogP contribution in [0.2, 0.25) is 0 Å². The van der Waals surface area contributed by atoms with Gasteiger partial charge in [0.1, 0.15) is 5.82 Å². The van der Waals surface area contributed by atoms with E-state index >= 15 is 0 Å². The highest BCUT2D eigenvalue weighted by atomic mass is 32.2. The van der Waals surface area contributed by atoms with E-state index in [-0.39, 0.29) is 23.2 Å². The maximum atomic E-state index is 13.5. The van der Waals surface area contributed by atoms with Crippen molar-refractivity contribution in [2.75, 3.05) is 11.9 Å². The van der Waals surface area contributed by atoms with Crippen molar-refractivity contribution in [3.63, 3.8) is 0 Å². The molecule has 4 rings (SSSR count). The minimum Gasteiger partial charge on any atom is -0.326 e. The fourth-order valence-electron chi connectivity index (χ4n) is 3.93. The van der Waals surface area contributed by atoms with Gasteiger partial charge in [0, 0.05) is 12.2 Å². The molecule has 3 aromatic carbocycles. The van der Waals surface area contributed by atoms with Crippen LogP contribution in [-0.2, 0) is 14.8 Å². The lowest BCUT2D eigenvalue weighted by Crippen LogP contribution is -2.45. The van der Waals surface area contributed by atoms with E-state index in [0.29, 0.717) is 24.1 Å². The topological polar surface area (TPSA) is 66.5 Å². The first kappa shape index (κ1) is 21.2. The maximum Gasteiger partial charge on any atom is 0.243 e. The van der Waals surface area contributed by atoms with Crippen LogP contribution in [-0.4, -0.2) is 25.2 Å². The number of carbonyl (C=O) groups excluding carboxylic acids is 1.